The minimum Gasteiger partial charge on any atom is -0.400 e. The first-order valence-corrected chi connectivity index (χ1v) is 6.05. The van der Waals surface area contributed by atoms with Gasteiger partial charge in [-0.25, -0.2) is 0 Å². The van der Waals surface area contributed by atoms with Crippen LogP contribution in [-0.4, -0.2) is 23.3 Å². The number of anilines is 1. The van der Waals surface area contributed by atoms with Crippen LogP contribution in [0.5, 0.6) is 0 Å². The van der Waals surface area contributed by atoms with E-state index in [0.29, 0.717) is 5.69 Å². The second-order valence-electron chi connectivity index (χ2n) is 5.50. The van der Waals surface area contributed by atoms with Crippen LogP contribution in [0.2, 0.25) is 0 Å². The van der Waals surface area contributed by atoms with Gasteiger partial charge in [-0.2, -0.15) is 0 Å². The lowest BCUT2D eigenvalue weighted by atomic mass is 9.89. The van der Waals surface area contributed by atoms with Gasteiger partial charge in [-0.05, 0) is 45.9 Å². The van der Waals surface area contributed by atoms with Gasteiger partial charge < -0.3 is 15.0 Å². The Morgan fingerprint density at radius 2 is 1.83 bits per heavy atom. The second-order valence-corrected chi connectivity index (χ2v) is 5.50. The molecule has 2 heterocycles. The summed E-state index contributed by atoms with van der Waals surface area (Å²) in [5.74, 6) is 1.86. The van der Waals surface area contributed by atoms with Crippen molar-refractivity contribution in [2.75, 3.05) is 5.73 Å². The Morgan fingerprint density at radius 1 is 1.22 bits per heavy atom. The van der Waals surface area contributed by atoms with E-state index in [1.165, 1.54) is 0 Å². The Balaban J connectivity index is 2.08. The van der Waals surface area contributed by atoms with Gasteiger partial charge in [0.1, 0.15) is 0 Å². The lowest BCUT2D eigenvalue weighted by Crippen LogP contribution is -2.41. The van der Waals surface area contributed by atoms with E-state index in [1.54, 1.807) is 12.3 Å². The SMILES string of the molecule is CC1(C)OB(/C=C/c2cc(N)ccn2)OC1(C)C. The molecular weight excluding hydrogens is 227 g/mol. The van der Waals surface area contributed by atoms with Crippen LogP contribution >= 0.6 is 0 Å². The summed E-state index contributed by atoms with van der Waals surface area (Å²) in [6.07, 6.45) is 3.54. The van der Waals surface area contributed by atoms with E-state index < -0.39 is 0 Å². The first-order chi connectivity index (χ1) is 8.30. The highest BCUT2D eigenvalue weighted by Crippen LogP contribution is 2.36. The van der Waals surface area contributed by atoms with Crippen molar-refractivity contribution in [1.29, 1.82) is 0 Å². The number of nitrogens with two attached hydrogens (primary N) is 1. The first-order valence-electron chi connectivity index (χ1n) is 6.05. The van der Waals surface area contributed by atoms with Crippen molar-refractivity contribution in [3.8, 4) is 0 Å². The second kappa shape index (κ2) is 4.41. The van der Waals surface area contributed by atoms with Crippen molar-refractivity contribution >= 4 is 18.9 Å². The number of rotatable bonds is 2. The van der Waals surface area contributed by atoms with Gasteiger partial charge in [0.05, 0.1) is 16.9 Å². The lowest BCUT2D eigenvalue weighted by Gasteiger charge is -2.32. The maximum absolute atomic E-state index is 5.85. The van der Waals surface area contributed by atoms with Gasteiger partial charge in [-0.3, -0.25) is 4.98 Å². The van der Waals surface area contributed by atoms with E-state index in [-0.39, 0.29) is 18.3 Å². The van der Waals surface area contributed by atoms with E-state index in [9.17, 15) is 0 Å². The molecule has 1 aromatic heterocycles. The monoisotopic (exact) mass is 246 g/mol. The molecule has 2 rings (SSSR count). The molecule has 1 aliphatic heterocycles. The summed E-state index contributed by atoms with van der Waals surface area (Å²) in [4.78, 5) is 4.20. The molecule has 96 valence electrons. The van der Waals surface area contributed by atoms with Crippen molar-refractivity contribution in [3.05, 3.63) is 30.0 Å². The van der Waals surface area contributed by atoms with Crippen LogP contribution in [0.3, 0.4) is 0 Å². The molecule has 0 atom stereocenters. The Kier molecular flexibility index (Phi) is 3.21. The van der Waals surface area contributed by atoms with Crippen LogP contribution in [0, 0.1) is 0 Å². The molecule has 0 unspecified atom stereocenters. The molecule has 0 bridgehead atoms. The Morgan fingerprint density at radius 3 is 2.39 bits per heavy atom. The fourth-order valence-electron chi connectivity index (χ4n) is 1.70. The molecule has 4 nitrogen and oxygen atoms in total. The Hall–Kier alpha value is -1.33. The van der Waals surface area contributed by atoms with Gasteiger partial charge in [0.15, 0.2) is 0 Å². The highest BCUT2D eigenvalue weighted by Gasteiger charge is 2.49. The number of pyridine rings is 1. The van der Waals surface area contributed by atoms with Crippen LogP contribution in [0.25, 0.3) is 6.08 Å². The van der Waals surface area contributed by atoms with Crippen molar-refractivity contribution in [2.24, 2.45) is 0 Å². The molecule has 0 spiro atoms. The molecule has 0 amide bonds. The first kappa shape index (κ1) is 13.1. The van der Waals surface area contributed by atoms with Crippen molar-refractivity contribution in [3.63, 3.8) is 0 Å². The third-order valence-electron chi connectivity index (χ3n) is 3.50. The van der Waals surface area contributed by atoms with Crippen LogP contribution in [0.4, 0.5) is 5.69 Å². The standard InChI is InChI=1S/C13H19BN2O2/c1-12(2)13(3,4)18-14(17-12)7-5-11-9-10(15)6-8-16-11/h5-9H,1-4H3,(H2,15,16)/b7-5+. The minimum atomic E-state index is -0.349. The molecule has 1 fully saturated rings. The Bertz CT molecular complexity index is 456. The zero-order chi connectivity index (χ0) is 13.4. The molecule has 1 aromatic rings. The quantitative estimate of drug-likeness (QED) is 0.813. The molecule has 5 heteroatoms. The lowest BCUT2D eigenvalue weighted by molar-refractivity contribution is 0.00578. The smallest absolute Gasteiger partial charge is 0.400 e. The predicted octanol–water partition coefficient (Wildman–Crippen LogP) is 2.31. The van der Waals surface area contributed by atoms with E-state index in [0.717, 1.165) is 5.69 Å². The van der Waals surface area contributed by atoms with Crippen LogP contribution in [0.15, 0.2) is 24.3 Å². The summed E-state index contributed by atoms with van der Waals surface area (Å²) in [6, 6.07) is 3.56. The molecule has 1 aliphatic rings. The highest BCUT2D eigenvalue weighted by atomic mass is 16.7. The van der Waals surface area contributed by atoms with E-state index in [1.807, 2.05) is 45.8 Å². The van der Waals surface area contributed by atoms with Gasteiger partial charge in [0, 0.05) is 11.9 Å². The number of aromatic nitrogens is 1. The minimum absolute atomic E-state index is 0.314. The van der Waals surface area contributed by atoms with E-state index >= 15 is 0 Å². The fraction of sp³-hybridized carbons (Fsp3) is 0.462. The maximum Gasteiger partial charge on any atom is 0.487 e. The average Bonchev–Trinajstić information content (AvgIpc) is 2.45. The molecule has 0 aliphatic carbocycles. The number of nitrogen functional groups attached to an aromatic ring is 1. The highest BCUT2D eigenvalue weighted by molar-refractivity contribution is 6.52. The molecule has 0 radical (unpaired) electrons. The summed E-state index contributed by atoms with van der Waals surface area (Å²) in [5, 5.41) is 0. The molecule has 0 saturated carbocycles. The normalized spacial score (nSPS) is 21.7. The number of hydrogen-bond acceptors (Lipinski definition) is 4. The summed E-state index contributed by atoms with van der Waals surface area (Å²) in [5.41, 5.74) is 6.55. The van der Waals surface area contributed by atoms with Gasteiger partial charge in [0.2, 0.25) is 0 Å². The summed E-state index contributed by atoms with van der Waals surface area (Å²) in [7, 11) is -0.349. The fourth-order valence-corrected chi connectivity index (χ4v) is 1.70. The summed E-state index contributed by atoms with van der Waals surface area (Å²) < 4.78 is 11.7. The third-order valence-corrected chi connectivity index (χ3v) is 3.50. The van der Waals surface area contributed by atoms with E-state index in [4.69, 9.17) is 15.0 Å². The van der Waals surface area contributed by atoms with Crippen LogP contribution in [-0.2, 0) is 9.31 Å². The van der Waals surface area contributed by atoms with Crippen LogP contribution in [0.1, 0.15) is 33.4 Å². The van der Waals surface area contributed by atoms with Crippen molar-refractivity contribution < 1.29 is 9.31 Å². The molecule has 0 aromatic carbocycles. The predicted molar refractivity (Wildman–Crippen MR) is 73.8 cm³/mol. The molecule has 1 saturated heterocycles. The molecule has 18 heavy (non-hydrogen) atoms. The molecular formula is C13H19BN2O2. The maximum atomic E-state index is 5.85. The average molecular weight is 246 g/mol. The molecule has 2 N–H and O–H groups in total. The topological polar surface area (TPSA) is 57.4 Å². The number of hydrogen-bond donors (Lipinski definition) is 1. The Labute approximate surface area is 108 Å². The van der Waals surface area contributed by atoms with E-state index in [2.05, 4.69) is 4.98 Å². The van der Waals surface area contributed by atoms with Gasteiger partial charge in [0.25, 0.3) is 0 Å². The van der Waals surface area contributed by atoms with Gasteiger partial charge in [-0.15, -0.1) is 0 Å². The largest absolute Gasteiger partial charge is 0.487 e. The van der Waals surface area contributed by atoms with Crippen LogP contribution < -0.4 is 5.73 Å². The zero-order valence-corrected chi connectivity index (χ0v) is 11.3. The van der Waals surface area contributed by atoms with Gasteiger partial charge in [-0.1, -0.05) is 5.98 Å². The summed E-state index contributed by atoms with van der Waals surface area (Å²) >= 11 is 0. The van der Waals surface area contributed by atoms with Crippen molar-refractivity contribution in [1.82, 2.24) is 4.98 Å². The zero-order valence-electron chi connectivity index (χ0n) is 11.3. The van der Waals surface area contributed by atoms with Crippen molar-refractivity contribution in [2.45, 2.75) is 38.9 Å². The summed E-state index contributed by atoms with van der Waals surface area (Å²) in [6.45, 7) is 8.11. The van der Waals surface area contributed by atoms with Gasteiger partial charge >= 0.3 is 7.12 Å². The third kappa shape index (κ3) is 2.57. The number of nitrogens with zero attached hydrogens (tertiary/aromatic N) is 1.